The Morgan fingerprint density at radius 3 is 2.59 bits per heavy atom. The van der Waals surface area contributed by atoms with Crippen LogP contribution in [0.15, 0.2) is 24.3 Å². The van der Waals surface area contributed by atoms with Gasteiger partial charge in [0, 0.05) is 31.8 Å². The Morgan fingerprint density at radius 1 is 1.18 bits per heavy atom. The maximum absolute atomic E-state index is 12.4. The van der Waals surface area contributed by atoms with Gasteiger partial charge in [-0.15, -0.1) is 0 Å². The van der Waals surface area contributed by atoms with Crippen LogP contribution in [0, 0.1) is 5.92 Å². The zero-order valence-electron chi connectivity index (χ0n) is 13.6. The van der Waals surface area contributed by atoms with E-state index in [0.717, 1.165) is 50.9 Å². The lowest BCUT2D eigenvalue weighted by molar-refractivity contribution is -0.137. The summed E-state index contributed by atoms with van der Waals surface area (Å²) in [7, 11) is 0. The summed E-state index contributed by atoms with van der Waals surface area (Å²) < 4.78 is 6.11. The summed E-state index contributed by atoms with van der Waals surface area (Å²) in [6, 6.07) is 8.37. The molecule has 120 valence electrons. The normalized spacial score (nSPS) is 20.3. The van der Waals surface area contributed by atoms with E-state index >= 15 is 0 Å². The molecular weight excluding hydrogens is 274 g/mol. The number of hydrogen-bond acceptors (Lipinski definition) is 2. The van der Waals surface area contributed by atoms with Gasteiger partial charge in [0.1, 0.15) is 11.9 Å². The predicted molar refractivity (Wildman–Crippen MR) is 88.0 cm³/mol. The molecule has 0 bridgehead atoms. The second-order valence-electron chi connectivity index (χ2n) is 6.62. The van der Waals surface area contributed by atoms with Crippen LogP contribution in [0.4, 0.5) is 0 Å². The molecule has 1 saturated carbocycles. The lowest BCUT2D eigenvalue weighted by atomic mass is 10.0. The molecule has 0 N–H and O–H groups in total. The summed E-state index contributed by atoms with van der Waals surface area (Å²) in [6.07, 6.45) is 7.83. The van der Waals surface area contributed by atoms with Gasteiger partial charge in [-0.2, -0.15) is 0 Å². The summed E-state index contributed by atoms with van der Waals surface area (Å²) in [6.45, 7) is 3.87. The van der Waals surface area contributed by atoms with Gasteiger partial charge in [-0.1, -0.05) is 31.9 Å². The van der Waals surface area contributed by atoms with Crippen molar-refractivity contribution in [3.05, 3.63) is 29.8 Å². The number of hydrogen-bond donors (Lipinski definition) is 0. The van der Waals surface area contributed by atoms with E-state index in [1.54, 1.807) is 0 Å². The molecule has 22 heavy (non-hydrogen) atoms. The standard InChI is InChI=1S/C19H27NO2/c1-2-15-6-5-9-18(14-15)22-17-10-12-20(13-11-17)19(21)16-7-3-4-8-16/h5-6,9,14,16-17H,2-4,7-8,10-13H2,1H3. The monoisotopic (exact) mass is 301 g/mol. The lowest BCUT2D eigenvalue weighted by Crippen LogP contribution is -2.43. The van der Waals surface area contributed by atoms with Gasteiger partial charge < -0.3 is 9.64 Å². The molecule has 1 aromatic rings. The van der Waals surface area contributed by atoms with Gasteiger partial charge in [0.2, 0.25) is 5.91 Å². The maximum atomic E-state index is 12.4. The highest BCUT2D eigenvalue weighted by molar-refractivity contribution is 5.79. The van der Waals surface area contributed by atoms with Crippen LogP contribution in [-0.2, 0) is 11.2 Å². The smallest absolute Gasteiger partial charge is 0.225 e. The van der Waals surface area contributed by atoms with E-state index in [1.165, 1.54) is 18.4 Å². The molecule has 3 nitrogen and oxygen atoms in total. The summed E-state index contributed by atoms with van der Waals surface area (Å²) in [5, 5.41) is 0. The zero-order chi connectivity index (χ0) is 15.4. The van der Waals surface area contributed by atoms with Crippen molar-refractivity contribution in [2.45, 2.75) is 58.0 Å². The van der Waals surface area contributed by atoms with Crippen molar-refractivity contribution in [2.75, 3.05) is 13.1 Å². The fourth-order valence-electron chi connectivity index (χ4n) is 3.66. The SMILES string of the molecule is CCc1cccc(OC2CCN(C(=O)C3CCCC3)CC2)c1. The van der Waals surface area contributed by atoms with Crippen molar-refractivity contribution in [1.29, 1.82) is 0 Å². The number of ether oxygens (including phenoxy) is 1. The Bertz CT molecular complexity index is 500. The molecule has 1 amide bonds. The minimum Gasteiger partial charge on any atom is -0.490 e. The lowest BCUT2D eigenvalue weighted by Gasteiger charge is -2.33. The molecule has 3 heteroatoms. The number of benzene rings is 1. The summed E-state index contributed by atoms with van der Waals surface area (Å²) >= 11 is 0. The van der Waals surface area contributed by atoms with Crippen molar-refractivity contribution < 1.29 is 9.53 Å². The molecule has 1 heterocycles. The van der Waals surface area contributed by atoms with E-state index < -0.39 is 0 Å². The van der Waals surface area contributed by atoms with Crippen molar-refractivity contribution in [1.82, 2.24) is 4.90 Å². The van der Waals surface area contributed by atoms with E-state index in [2.05, 4.69) is 30.0 Å². The molecule has 0 spiro atoms. The number of aryl methyl sites for hydroxylation is 1. The fraction of sp³-hybridized carbons (Fsp3) is 0.632. The molecule has 0 aromatic heterocycles. The third kappa shape index (κ3) is 3.63. The maximum Gasteiger partial charge on any atom is 0.225 e. The van der Waals surface area contributed by atoms with Gasteiger partial charge in [-0.3, -0.25) is 4.79 Å². The van der Waals surface area contributed by atoms with E-state index in [0.29, 0.717) is 11.8 Å². The molecule has 0 unspecified atom stereocenters. The van der Waals surface area contributed by atoms with E-state index in [-0.39, 0.29) is 6.10 Å². The Morgan fingerprint density at radius 2 is 1.91 bits per heavy atom. The van der Waals surface area contributed by atoms with Crippen LogP contribution in [-0.4, -0.2) is 30.0 Å². The molecule has 2 aliphatic rings. The number of likely N-dealkylation sites (tertiary alicyclic amines) is 1. The first-order valence-electron chi connectivity index (χ1n) is 8.80. The van der Waals surface area contributed by atoms with Gasteiger partial charge in [-0.25, -0.2) is 0 Å². The van der Waals surface area contributed by atoms with E-state index in [1.807, 2.05) is 6.07 Å². The highest BCUT2D eigenvalue weighted by atomic mass is 16.5. The second-order valence-corrected chi connectivity index (χ2v) is 6.62. The van der Waals surface area contributed by atoms with Crippen LogP contribution < -0.4 is 4.74 Å². The Hall–Kier alpha value is -1.51. The van der Waals surface area contributed by atoms with Gasteiger partial charge in [0.05, 0.1) is 0 Å². The van der Waals surface area contributed by atoms with Crippen LogP contribution in [0.2, 0.25) is 0 Å². The Kier molecular flexibility index (Phi) is 5.01. The molecule has 1 saturated heterocycles. The Balaban J connectivity index is 1.49. The molecule has 2 fully saturated rings. The topological polar surface area (TPSA) is 29.5 Å². The van der Waals surface area contributed by atoms with Crippen LogP contribution >= 0.6 is 0 Å². The van der Waals surface area contributed by atoms with Crippen molar-refractivity contribution in [3.8, 4) is 5.75 Å². The quantitative estimate of drug-likeness (QED) is 0.846. The molecule has 1 aliphatic carbocycles. The summed E-state index contributed by atoms with van der Waals surface area (Å²) in [4.78, 5) is 14.5. The zero-order valence-corrected chi connectivity index (χ0v) is 13.6. The van der Waals surface area contributed by atoms with Crippen molar-refractivity contribution in [3.63, 3.8) is 0 Å². The average Bonchev–Trinajstić information content (AvgIpc) is 3.09. The highest BCUT2D eigenvalue weighted by Gasteiger charge is 2.30. The first kappa shape index (κ1) is 15.4. The van der Waals surface area contributed by atoms with Crippen LogP contribution in [0.5, 0.6) is 5.75 Å². The van der Waals surface area contributed by atoms with Crippen molar-refractivity contribution in [2.24, 2.45) is 5.92 Å². The number of piperidine rings is 1. The minimum absolute atomic E-state index is 0.250. The van der Waals surface area contributed by atoms with Crippen LogP contribution in [0.1, 0.15) is 51.0 Å². The van der Waals surface area contributed by atoms with Gasteiger partial charge in [0.25, 0.3) is 0 Å². The average molecular weight is 301 g/mol. The first-order valence-corrected chi connectivity index (χ1v) is 8.80. The third-order valence-electron chi connectivity index (χ3n) is 5.07. The summed E-state index contributed by atoms with van der Waals surface area (Å²) in [5.74, 6) is 1.67. The fourth-order valence-corrected chi connectivity index (χ4v) is 3.66. The number of carbonyl (C=O) groups is 1. The van der Waals surface area contributed by atoms with Crippen molar-refractivity contribution >= 4 is 5.91 Å². The van der Waals surface area contributed by atoms with Crippen LogP contribution in [0.3, 0.4) is 0 Å². The number of rotatable bonds is 4. The minimum atomic E-state index is 0.250. The predicted octanol–water partition coefficient (Wildman–Crippen LogP) is 3.81. The summed E-state index contributed by atoms with van der Waals surface area (Å²) in [5.41, 5.74) is 1.31. The third-order valence-corrected chi connectivity index (χ3v) is 5.07. The number of carbonyl (C=O) groups excluding carboxylic acids is 1. The molecule has 0 atom stereocenters. The molecule has 3 rings (SSSR count). The molecule has 1 aliphatic heterocycles. The Labute approximate surface area is 133 Å². The van der Waals surface area contributed by atoms with E-state index in [9.17, 15) is 4.79 Å². The number of amides is 1. The van der Waals surface area contributed by atoms with Gasteiger partial charge >= 0.3 is 0 Å². The molecule has 1 aromatic carbocycles. The first-order chi connectivity index (χ1) is 10.8. The highest BCUT2D eigenvalue weighted by Crippen LogP contribution is 2.28. The number of nitrogens with zero attached hydrogens (tertiary/aromatic N) is 1. The second kappa shape index (κ2) is 7.17. The van der Waals surface area contributed by atoms with Crippen LogP contribution in [0.25, 0.3) is 0 Å². The van der Waals surface area contributed by atoms with Gasteiger partial charge in [0.15, 0.2) is 0 Å². The largest absolute Gasteiger partial charge is 0.490 e. The van der Waals surface area contributed by atoms with Gasteiger partial charge in [-0.05, 0) is 37.0 Å². The molecular formula is C19H27NO2. The molecule has 0 radical (unpaired) electrons. The van der Waals surface area contributed by atoms with E-state index in [4.69, 9.17) is 4.74 Å².